The normalized spacial score (nSPS) is 14.8. The van der Waals surface area contributed by atoms with E-state index in [1.807, 2.05) is 21.1 Å². The molecule has 0 spiro atoms. The molecule has 0 fully saturated rings. The maximum atomic E-state index is 12.6. The third-order valence-electron chi connectivity index (χ3n) is 7.23. The first kappa shape index (κ1) is 46.9. The average Bonchev–Trinajstić information content (AvgIpc) is 3.04. The van der Waals surface area contributed by atoms with Crippen molar-refractivity contribution in [3.8, 4) is 0 Å². The third-order valence-corrected chi connectivity index (χ3v) is 8.22. The van der Waals surface area contributed by atoms with Gasteiger partial charge >= 0.3 is 13.8 Å². The van der Waals surface area contributed by atoms with Gasteiger partial charge in [0.2, 0.25) is 0 Å². The van der Waals surface area contributed by atoms with Crippen molar-refractivity contribution in [2.75, 3.05) is 54.1 Å². The SMILES string of the molecule is CC/C=C\C/C=C\C/C=C\C/C=C\CCCOCC(COP(=O)(O)OCC[N+](C)(C)C)OC(=O)CCCCCCC/C=C\C/C=C\CCC. The van der Waals surface area contributed by atoms with E-state index in [9.17, 15) is 14.3 Å². The summed E-state index contributed by atoms with van der Waals surface area (Å²) in [5.74, 6) is -0.352. The lowest BCUT2D eigenvalue weighted by Gasteiger charge is -2.24. The molecule has 2 atom stereocenters. The molecule has 2 unspecified atom stereocenters. The van der Waals surface area contributed by atoms with Crippen LogP contribution in [0.3, 0.4) is 0 Å². The molecule has 0 amide bonds. The maximum absolute atomic E-state index is 12.6. The fourth-order valence-electron chi connectivity index (χ4n) is 4.36. The zero-order valence-electron chi connectivity index (χ0n) is 31.6. The molecule has 49 heavy (non-hydrogen) atoms. The van der Waals surface area contributed by atoms with Gasteiger partial charge in [-0.2, -0.15) is 0 Å². The Kier molecular flexibility index (Phi) is 31.7. The van der Waals surface area contributed by atoms with E-state index >= 15 is 0 Å². The second-order valence-electron chi connectivity index (χ2n) is 13.2. The topological polar surface area (TPSA) is 91.3 Å². The van der Waals surface area contributed by atoms with E-state index < -0.39 is 13.9 Å². The van der Waals surface area contributed by atoms with Crippen LogP contribution in [0.5, 0.6) is 0 Å². The zero-order valence-corrected chi connectivity index (χ0v) is 32.5. The smallest absolute Gasteiger partial charge is 0.457 e. The van der Waals surface area contributed by atoms with Gasteiger partial charge in [-0.05, 0) is 70.6 Å². The second kappa shape index (κ2) is 33.1. The molecule has 0 radical (unpaired) electrons. The largest absolute Gasteiger partial charge is 0.472 e. The van der Waals surface area contributed by atoms with E-state index in [2.05, 4.69) is 86.8 Å². The first-order valence-electron chi connectivity index (χ1n) is 18.7. The fourth-order valence-corrected chi connectivity index (χ4v) is 5.10. The fraction of sp³-hybridized carbons (Fsp3) is 0.675. The van der Waals surface area contributed by atoms with Crippen molar-refractivity contribution < 1.29 is 37.3 Å². The van der Waals surface area contributed by atoms with Crippen LogP contribution in [0.2, 0.25) is 0 Å². The quantitative estimate of drug-likeness (QED) is 0.0239. The first-order chi connectivity index (χ1) is 23.6. The summed E-state index contributed by atoms with van der Waals surface area (Å²) >= 11 is 0. The first-order valence-corrected chi connectivity index (χ1v) is 20.2. The number of nitrogens with zero attached hydrogens (tertiary/aromatic N) is 1. The number of phosphoric acid groups is 1. The number of carbonyl (C=O) groups is 1. The van der Waals surface area contributed by atoms with Crippen molar-refractivity contribution in [3.05, 3.63) is 72.9 Å². The average molecular weight is 709 g/mol. The Hall–Kier alpha value is -2.06. The van der Waals surface area contributed by atoms with Gasteiger partial charge in [0.15, 0.2) is 0 Å². The number of carbonyl (C=O) groups excluding carboxylic acids is 1. The van der Waals surface area contributed by atoms with Crippen LogP contribution in [0, 0.1) is 0 Å². The predicted octanol–water partition coefficient (Wildman–Crippen LogP) is 10.4. The molecule has 0 saturated carbocycles. The maximum Gasteiger partial charge on any atom is 0.472 e. The highest BCUT2D eigenvalue weighted by molar-refractivity contribution is 7.47. The van der Waals surface area contributed by atoms with Crippen molar-refractivity contribution >= 4 is 13.8 Å². The van der Waals surface area contributed by atoms with Crippen LogP contribution in [0.15, 0.2) is 72.9 Å². The highest BCUT2D eigenvalue weighted by Gasteiger charge is 2.26. The number of likely N-dealkylation sites (N-methyl/N-ethyl adjacent to an activating group) is 1. The summed E-state index contributed by atoms with van der Waals surface area (Å²) in [4.78, 5) is 22.7. The molecule has 0 bridgehead atoms. The van der Waals surface area contributed by atoms with E-state index in [0.29, 0.717) is 24.1 Å². The van der Waals surface area contributed by atoms with Crippen LogP contribution in [0.25, 0.3) is 0 Å². The summed E-state index contributed by atoms with van der Waals surface area (Å²) in [5, 5.41) is 0. The van der Waals surface area contributed by atoms with Crippen molar-refractivity contribution in [2.45, 2.75) is 123 Å². The van der Waals surface area contributed by atoms with Gasteiger partial charge in [-0.3, -0.25) is 13.8 Å². The summed E-state index contributed by atoms with van der Waals surface area (Å²) in [5.41, 5.74) is 0. The Labute approximate surface area is 300 Å². The molecule has 0 aliphatic rings. The number of allylic oxidation sites excluding steroid dienone is 12. The standard InChI is InChI=1S/C40H70NO7P/c1-6-8-10-12-14-16-18-20-22-24-26-28-30-32-35-45-37-39(38-47-49(43,44)46-36-34-41(3,4)5)48-40(42)33-31-29-27-25-23-21-19-17-15-13-11-9-7-2/h8,10-11,13-14,16-17,19-20,22,26,28,39H,6-7,9,12,15,18,21,23-25,27,29-38H2,1-5H3/p+1/b10-8-,13-11-,16-14-,19-17-,22-20-,28-26-. The summed E-state index contributed by atoms with van der Waals surface area (Å²) in [6.07, 6.45) is 40.9. The van der Waals surface area contributed by atoms with Crippen LogP contribution in [-0.2, 0) is 27.9 Å². The van der Waals surface area contributed by atoms with Crippen molar-refractivity contribution in [2.24, 2.45) is 0 Å². The van der Waals surface area contributed by atoms with Gasteiger partial charge < -0.3 is 18.9 Å². The highest BCUT2D eigenvalue weighted by atomic mass is 31.2. The predicted molar refractivity (Wildman–Crippen MR) is 205 cm³/mol. The van der Waals surface area contributed by atoms with Crippen molar-refractivity contribution in [1.82, 2.24) is 0 Å². The molecular formula is C40H71NO7P+. The number of unbranched alkanes of at least 4 members (excludes halogenated alkanes) is 7. The third kappa shape index (κ3) is 37.0. The molecule has 0 saturated heterocycles. The van der Waals surface area contributed by atoms with Gasteiger partial charge in [-0.15, -0.1) is 0 Å². The lowest BCUT2D eigenvalue weighted by atomic mass is 10.1. The Bertz CT molecular complexity index is 1010. The number of hydrogen-bond acceptors (Lipinski definition) is 6. The van der Waals surface area contributed by atoms with Gasteiger partial charge in [0, 0.05) is 13.0 Å². The molecule has 0 aromatic heterocycles. The molecule has 9 heteroatoms. The monoisotopic (exact) mass is 708 g/mol. The minimum absolute atomic E-state index is 0.0716. The minimum Gasteiger partial charge on any atom is -0.457 e. The summed E-state index contributed by atoms with van der Waals surface area (Å²) in [6.45, 7) is 5.23. The van der Waals surface area contributed by atoms with E-state index in [1.165, 1.54) is 6.42 Å². The zero-order chi connectivity index (χ0) is 36.3. The van der Waals surface area contributed by atoms with E-state index in [1.54, 1.807) is 0 Å². The van der Waals surface area contributed by atoms with E-state index in [-0.39, 0.29) is 25.8 Å². The summed E-state index contributed by atoms with van der Waals surface area (Å²) < 4.78 is 34.7. The van der Waals surface area contributed by atoms with Crippen LogP contribution in [0.4, 0.5) is 0 Å². The van der Waals surface area contributed by atoms with Crippen molar-refractivity contribution in [1.29, 1.82) is 0 Å². The Morgan fingerprint density at radius 1 is 0.653 bits per heavy atom. The molecule has 0 aliphatic carbocycles. The molecule has 282 valence electrons. The van der Waals surface area contributed by atoms with Gasteiger partial charge in [0.25, 0.3) is 0 Å². The van der Waals surface area contributed by atoms with Crippen LogP contribution in [-0.4, -0.2) is 75.6 Å². The number of ether oxygens (including phenoxy) is 2. The van der Waals surface area contributed by atoms with Crippen LogP contribution >= 0.6 is 7.82 Å². The van der Waals surface area contributed by atoms with E-state index in [0.717, 1.165) is 89.9 Å². The molecule has 0 aliphatic heterocycles. The molecule has 0 aromatic rings. The second-order valence-corrected chi connectivity index (χ2v) is 14.7. The Morgan fingerprint density at radius 3 is 1.78 bits per heavy atom. The molecule has 0 heterocycles. The lowest BCUT2D eigenvalue weighted by Crippen LogP contribution is -2.37. The lowest BCUT2D eigenvalue weighted by molar-refractivity contribution is -0.870. The minimum atomic E-state index is -4.29. The van der Waals surface area contributed by atoms with Crippen molar-refractivity contribution in [3.63, 3.8) is 0 Å². The van der Waals surface area contributed by atoms with Gasteiger partial charge in [0.05, 0.1) is 34.4 Å². The van der Waals surface area contributed by atoms with Gasteiger partial charge in [-0.1, -0.05) is 112 Å². The number of hydrogen-bond donors (Lipinski definition) is 1. The van der Waals surface area contributed by atoms with E-state index in [4.69, 9.17) is 18.5 Å². The number of quaternary nitrogens is 1. The van der Waals surface area contributed by atoms with Crippen LogP contribution in [0.1, 0.15) is 117 Å². The molecule has 0 rings (SSSR count). The number of esters is 1. The molecular weight excluding hydrogens is 637 g/mol. The Balaban J connectivity index is 4.46. The molecule has 1 N–H and O–H groups in total. The molecule has 8 nitrogen and oxygen atoms in total. The summed E-state index contributed by atoms with van der Waals surface area (Å²) in [7, 11) is 1.61. The van der Waals surface area contributed by atoms with Gasteiger partial charge in [0.1, 0.15) is 19.3 Å². The Morgan fingerprint density at radius 2 is 1.18 bits per heavy atom. The molecule has 0 aromatic carbocycles. The number of phosphoric ester groups is 1. The summed E-state index contributed by atoms with van der Waals surface area (Å²) in [6, 6.07) is 0. The highest BCUT2D eigenvalue weighted by Crippen LogP contribution is 2.43. The number of rotatable bonds is 33. The van der Waals surface area contributed by atoms with Gasteiger partial charge in [-0.25, -0.2) is 4.57 Å². The van der Waals surface area contributed by atoms with Crippen LogP contribution < -0.4 is 0 Å².